The van der Waals surface area contributed by atoms with Crippen molar-refractivity contribution in [2.24, 2.45) is 87.6 Å². The predicted octanol–water partition coefficient (Wildman–Crippen LogP) is 10.9. The number of aromatic nitrogens is 1. The molecule has 0 radical (unpaired) electrons. The van der Waals surface area contributed by atoms with Gasteiger partial charge >= 0.3 is 0 Å². The van der Waals surface area contributed by atoms with Gasteiger partial charge in [-0.1, -0.05) is 150 Å². The highest BCUT2D eigenvalue weighted by Gasteiger charge is 2.68. The lowest BCUT2D eigenvalue weighted by atomic mass is 9.36. The van der Waals surface area contributed by atoms with E-state index in [0.29, 0.717) is 86.6 Å². The molecule has 21 unspecified atom stereocenters. The maximum Gasteiger partial charge on any atom is 0.161 e. The normalized spacial score (nSPS) is 38.4. The van der Waals surface area contributed by atoms with Crippen LogP contribution in [0.4, 0.5) is 0 Å². The number of aromatic amines is 1. The first kappa shape index (κ1) is 63.2. The second-order valence-corrected chi connectivity index (χ2v) is 31.3. The van der Waals surface area contributed by atoms with Gasteiger partial charge in [0.15, 0.2) is 11.5 Å². The van der Waals surface area contributed by atoms with Crippen LogP contribution in [-0.4, -0.2) is 116 Å². The maximum absolute atomic E-state index is 13.4. The number of nitrogens with one attached hydrogen (secondary N) is 2. The molecule has 3 fully saturated rings. The Labute approximate surface area is 546 Å². The minimum atomic E-state index is -1.09. The number of allylic oxidation sites excluding steroid dienone is 6. The standard InChI is InChI=1S/C77H95N3O9S2/c1-2-45-31-51-36-67(85)70(89-71-37-52(32-54-16-10-27-79-54)56-24-28-80-75(78)62(56)44-91-90-43-53(41-82)74(71)87)39-58(51)59-38-68(86)73-50(34-57(45)59)22-25-76-40-61(46-11-4-3-5-12-46)65-35-49-15-7-6-14-48(49)33-60-55-17-9-8-13-47(55)18-19-63(60)77(65,72(76)42-83)26-23-64(76)66(84)20-21-69(73)88-30-29-81/h3-7,10-12,14-16,18-19,23-24,26-27,34,36,39,45,47,50,52-53,55,59-61,63-66,68-69,71-74,79-87H,2,8-9,13,17,20-21,28-33,35,37-38,40-44,78H2,1H3. The molecule has 3 heterocycles. The third kappa shape index (κ3) is 11.6. The number of phenolic OH excluding ortho intramolecular Hbond substituents is 1. The van der Waals surface area contributed by atoms with Crippen LogP contribution in [0.3, 0.4) is 0 Å². The smallest absolute Gasteiger partial charge is 0.161 e. The van der Waals surface area contributed by atoms with E-state index in [1.54, 1.807) is 21.6 Å². The molecule has 4 aromatic rings. The minimum absolute atomic E-state index is 0.0257. The van der Waals surface area contributed by atoms with Crippen LogP contribution < -0.4 is 15.8 Å². The van der Waals surface area contributed by atoms with Crippen LogP contribution in [-0.2, 0) is 30.4 Å². The van der Waals surface area contributed by atoms with E-state index >= 15 is 0 Å². The molecular formula is C77H95N3O9S2. The zero-order chi connectivity index (χ0) is 62.5. The molecule has 91 heavy (non-hydrogen) atoms. The fourth-order valence-corrected chi connectivity index (χ4v) is 22.8. The van der Waals surface area contributed by atoms with Gasteiger partial charge in [0.05, 0.1) is 37.6 Å². The second kappa shape index (κ2) is 26.9. The topological polar surface area (TPSA) is 214 Å². The number of dihydropyridines is 1. The van der Waals surface area contributed by atoms with Crippen molar-refractivity contribution in [3.05, 3.63) is 178 Å². The lowest BCUT2D eigenvalue weighted by Gasteiger charge is -2.67. The van der Waals surface area contributed by atoms with E-state index in [4.69, 9.17) is 15.2 Å². The molecule has 2 aliphatic heterocycles. The molecule has 2 bridgehead atoms. The predicted molar refractivity (Wildman–Crippen MR) is 360 cm³/mol. The van der Waals surface area contributed by atoms with Gasteiger partial charge in [-0.05, 0) is 182 Å². The highest BCUT2D eigenvalue weighted by molar-refractivity contribution is 8.76. The largest absolute Gasteiger partial charge is 0.504 e. The SMILES string of the molecule is CCC1Cc2cc(O)c(OC3CC(Cc4ccc[nH]4)C4=CCNC(N)=C4CSSCC(CO)C3O)cc2C2CC(O)C3C(C#CC45CC(c6ccccc6)C6Cc7ccccc7CC7C8CCCCC8C=CC7C6(C=CC4C(O)CCC3OCCO)C5CO)C=C12. The van der Waals surface area contributed by atoms with Crippen molar-refractivity contribution in [3.8, 4) is 23.3 Å². The van der Waals surface area contributed by atoms with E-state index in [1.165, 1.54) is 47.9 Å². The van der Waals surface area contributed by atoms with Gasteiger partial charge in [-0.15, -0.1) is 0 Å². The number of fused-ring (bicyclic) bond motifs is 9. The van der Waals surface area contributed by atoms with Gasteiger partial charge in [0.25, 0.3) is 0 Å². The van der Waals surface area contributed by atoms with Gasteiger partial charge in [0, 0.05) is 95.1 Å². The van der Waals surface area contributed by atoms with Crippen LogP contribution in [0, 0.1) is 93.7 Å². The molecule has 3 aromatic carbocycles. The molecule has 10 aliphatic rings. The van der Waals surface area contributed by atoms with Crippen molar-refractivity contribution < 1.29 is 45.2 Å². The van der Waals surface area contributed by atoms with Gasteiger partial charge in [0.2, 0.25) is 0 Å². The van der Waals surface area contributed by atoms with E-state index in [2.05, 4.69) is 126 Å². The number of nitrogens with two attached hydrogens (primary N) is 1. The van der Waals surface area contributed by atoms with Gasteiger partial charge in [0.1, 0.15) is 11.9 Å². The average Bonchev–Trinajstić information content (AvgIpc) is 0.999. The summed E-state index contributed by atoms with van der Waals surface area (Å²) in [4.78, 5) is 3.40. The number of H-pyrrole nitrogens is 1. The molecular weight excluding hydrogens is 1170 g/mol. The molecule has 21 atom stereocenters. The Morgan fingerprint density at radius 1 is 0.791 bits per heavy atom. The summed E-state index contributed by atoms with van der Waals surface area (Å²) in [5, 5.41) is 88.7. The van der Waals surface area contributed by atoms with Crippen LogP contribution in [0.15, 0.2) is 144 Å². The van der Waals surface area contributed by atoms with Crippen LogP contribution in [0.25, 0.3) is 0 Å². The Balaban J connectivity index is 0.894. The van der Waals surface area contributed by atoms with E-state index < -0.39 is 65.0 Å². The average molecular weight is 1270 g/mol. The van der Waals surface area contributed by atoms with Crippen LogP contribution >= 0.6 is 21.6 Å². The summed E-state index contributed by atoms with van der Waals surface area (Å²) < 4.78 is 13.8. The molecule has 11 N–H and O–H groups in total. The number of hydrogen-bond acceptors (Lipinski definition) is 13. The third-order valence-corrected chi connectivity index (χ3v) is 26.9. The van der Waals surface area contributed by atoms with Gasteiger partial charge < -0.3 is 61.3 Å². The zero-order valence-corrected chi connectivity index (χ0v) is 54.3. The summed E-state index contributed by atoms with van der Waals surface area (Å²) >= 11 is 0. The first-order valence-electron chi connectivity index (χ1n) is 34.5. The summed E-state index contributed by atoms with van der Waals surface area (Å²) in [5.41, 5.74) is 15.8. The summed E-state index contributed by atoms with van der Waals surface area (Å²) in [5.74, 6) is 9.28. The van der Waals surface area contributed by atoms with E-state index in [9.17, 15) is 35.7 Å². The molecule has 1 saturated heterocycles. The number of ether oxygens (including phenoxy) is 2. The first-order chi connectivity index (χ1) is 44.4. The Morgan fingerprint density at radius 3 is 2.41 bits per heavy atom. The molecule has 484 valence electrons. The summed E-state index contributed by atoms with van der Waals surface area (Å²) in [7, 11) is 3.26. The summed E-state index contributed by atoms with van der Waals surface area (Å²) in [6.45, 7) is 2.34. The molecule has 2 spiro atoms. The Kier molecular flexibility index (Phi) is 18.7. The number of hydrogen-bond donors (Lipinski definition) is 10. The van der Waals surface area contributed by atoms with Crippen molar-refractivity contribution in [1.29, 1.82) is 0 Å². The summed E-state index contributed by atoms with van der Waals surface area (Å²) in [6.07, 6.45) is 23.3. The van der Waals surface area contributed by atoms with Crippen molar-refractivity contribution in [1.82, 2.24) is 10.3 Å². The molecule has 14 heteroatoms. The highest BCUT2D eigenvalue weighted by atomic mass is 33.1. The third-order valence-electron chi connectivity index (χ3n) is 24.5. The number of phenols is 1. The molecule has 12 nitrogen and oxygen atoms in total. The van der Waals surface area contributed by atoms with E-state index in [0.717, 1.165) is 47.2 Å². The van der Waals surface area contributed by atoms with E-state index in [1.807, 2.05) is 24.4 Å². The Morgan fingerprint density at radius 2 is 1.62 bits per heavy atom. The van der Waals surface area contributed by atoms with Gasteiger partial charge in [-0.2, -0.15) is 0 Å². The van der Waals surface area contributed by atoms with Crippen LogP contribution in [0.2, 0.25) is 0 Å². The molecule has 0 amide bonds. The number of aliphatic hydroxyl groups excluding tert-OH is 6. The number of aromatic hydroxyl groups is 1. The van der Waals surface area contributed by atoms with Gasteiger partial charge in [-0.3, -0.25) is 0 Å². The fourth-order valence-electron chi connectivity index (χ4n) is 20.3. The lowest BCUT2D eigenvalue weighted by molar-refractivity contribution is -0.144. The molecule has 2 saturated carbocycles. The van der Waals surface area contributed by atoms with Crippen LogP contribution in [0.1, 0.15) is 116 Å². The number of benzene rings is 3. The molecule has 8 aliphatic carbocycles. The van der Waals surface area contributed by atoms with E-state index in [-0.39, 0.29) is 79.4 Å². The summed E-state index contributed by atoms with van der Waals surface area (Å²) in [6, 6.07) is 28.1. The van der Waals surface area contributed by atoms with Crippen molar-refractivity contribution in [2.45, 2.75) is 139 Å². The second-order valence-electron chi connectivity index (χ2n) is 28.8. The first-order valence-corrected chi connectivity index (χ1v) is 37.0. The maximum atomic E-state index is 13.4. The molecule has 1 aromatic heterocycles. The lowest BCUT2D eigenvalue weighted by Crippen LogP contribution is -2.65. The Bertz CT molecular complexity index is 3470. The quantitative estimate of drug-likeness (QED) is 0.0385. The number of aliphatic hydroxyl groups is 6. The zero-order valence-electron chi connectivity index (χ0n) is 52.7. The van der Waals surface area contributed by atoms with Crippen molar-refractivity contribution >= 4 is 21.6 Å². The Hall–Kier alpha value is -5.18. The minimum Gasteiger partial charge on any atom is -0.504 e. The van der Waals surface area contributed by atoms with Crippen LogP contribution in [0.5, 0.6) is 11.5 Å². The number of rotatable bonds is 11. The fraction of sp³-hybridized carbons (Fsp3) is 0.558. The van der Waals surface area contributed by atoms with Crippen molar-refractivity contribution in [2.75, 3.05) is 44.5 Å². The van der Waals surface area contributed by atoms with Crippen molar-refractivity contribution in [3.63, 3.8) is 0 Å². The monoisotopic (exact) mass is 1270 g/mol. The van der Waals surface area contributed by atoms with Gasteiger partial charge in [-0.25, -0.2) is 0 Å². The highest BCUT2D eigenvalue weighted by Crippen LogP contribution is 2.71. The molecule has 14 rings (SSSR count).